The van der Waals surface area contributed by atoms with Gasteiger partial charge in [-0.15, -0.1) is 0 Å². The monoisotopic (exact) mass is 247 g/mol. The fourth-order valence-corrected chi connectivity index (χ4v) is 3.63. The predicted octanol–water partition coefficient (Wildman–Crippen LogP) is 1.84. The Hall–Kier alpha value is -0.0900. The van der Waals surface area contributed by atoms with E-state index in [1.165, 1.54) is 0 Å². The van der Waals surface area contributed by atoms with Crippen LogP contribution in [0.15, 0.2) is 0 Å². The first kappa shape index (κ1) is 14.0. The predicted molar refractivity (Wildman–Crippen MR) is 68.3 cm³/mol. The standard InChI is InChI=1S/C12H25NO2S/c1-4-12(10(2)3)13-7-8-16(14,15)9-11-5-6-11/h10-13H,4-9H2,1-3H3. The van der Waals surface area contributed by atoms with Crippen LogP contribution < -0.4 is 5.32 Å². The molecule has 0 aromatic rings. The Morgan fingerprint density at radius 2 is 1.94 bits per heavy atom. The molecule has 0 aromatic carbocycles. The second-order valence-electron chi connectivity index (χ2n) is 5.27. The molecule has 0 saturated heterocycles. The van der Waals surface area contributed by atoms with E-state index in [1.807, 2.05) is 0 Å². The maximum atomic E-state index is 11.7. The Balaban J connectivity index is 2.22. The number of rotatable bonds is 8. The van der Waals surface area contributed by atoms with Crippen LogP contribution >= 0.6 is 0 Å². The summed E-state index contributed by atoms with van der Waals surface area (Å²) in [5.74, 6) is 1.74. The van der Waals surface area contributed by atoms with Crippen LogP contribution in [-0.4, -0.2) is 32.5 Å². The van der Waals surface area contributed by atoms with Crippen LogP contribution in [0.5, 0.6) is 0 Å². The lowest BCUT2D eigenvalue weighted by Crippen LogP contribution is -2.36. The second kappa shape index (κ2) is 6.01. The maximum Gasteiger partial charge on any atom is 0.151 e. The van der Waals surface area contributed by atoms with Gasteiger partial charge in [-0.05, 0) is 31.1 Å². The maximum absolute atomic E-state index is 11.7. The van der Waals surface area contributed by atoms with E-state index >= 15 is 0 Å². The van der Waals surface area contributed by atoms with Gasteiger partial charge in [-0.1, -0.05) is 20.8 Å². The zero-order chi connectivity index (χ0) is 12.2. The minimum Gasteiger partial charge on any atom is -0.313 e. The molecule has 0 heterocycles. The molecule has 16 heavy (non-hydrogen) atoms. The third-order valence-corrected chi connectivity index (χ3v) is 5.06. The summed E-state index contributed by atoms with van der Waals surface area (Å²) in [7, 11) is -2.81. The van der Waals surface area contributed by atoms with Crippen molar-refractivity contribution in [1.29, 1.82) is 0 Å². The first-order valence-electron chi connectivity index (χ1n) is 6.38. The van der Waals surface area contributed by atoms with E-state index in [1.54, 1.807) is 0 Å². The van der Waals surface area contributed by atoms with Gasteiger partial charge >= 0.3 is 0 Å². The molecule has 1 aliphatic rings. The van der Waals surface area contributed by atoms with Crippen molar-refractivity contribution in [3.63, 3.8) is 0 Å². The van der Waals surface area contributed by atoms with Crippen molar-refractivity contribution in [3.05, 3.63) is 0 Å². The van der Waals surface area contributed by atoms with Crippen LogP contribution in [-0.2, 0) is 9.84 Å². The van der Waals surface area contributed by atoms with Gasteiger partial charge in [0.05, 0.1) is 11.5 Å². The van der Waals surface area contributed by atoms with E-state index in [0.29, 0.717) is 35.9 Å². The lowest BCUT2D eigenvalue weighted by molar-refractivity contribution is 0.397. The highest BCUT2D eigenvalue weighted by Gasteiger charge is 2.27. The summed E-state index contributed by atoms with van der Waals surface area (Å²) in [5, 5.41) is 3.34. The Kier molecular flexibility index (Phi) is 5.25. The Labute approximate surface area is 99.9 Å². The van der Waals surface area contributed by atoms with E-state index < -0.39 is 9.84 Å². The highest BCUT2D eigenvalue weighted by Crippen LogP contribution is 2.30. The molecule has 0 aromatic heterocycles. The molecule has 0 spiro atoms. The minimum atomic E-state index is -2.81. The number of nitrogens with one attached hydrogen (secondary N) is 1. The minimum absolute atomic E-state index is 0.298. The number of hydrogen-bond donors (Lipinski definition) is 1. The number of sulfone groups is 1. The highest BCUT2D eigenvalue weighted by molar-refractivity contribution is 7.91. The van der Waals surface area contributed by atoms with Crippen LogP contribution in [0.3, 0.4) is 0 Å². The van der Waals surface area contributed by atoms with E-state index in [-0.39, 0.29) is 0 Å². The summed E-state index contributed by atoms with van der Waals surface area (Å²) < 4.78 is 23.4. The molecule has 1 N–H and O–H groups in total. The summed E-state index contributed by atoms with van der Waals surface area (Å²) in [6.45, 7) is 7.07. The van der Waals surface area contributed by atoms with Crippen molar-refractivity contribution in [2.45, 2.75) is 46.1 Å². The molecule has 1 saturated carbocycles. The molecule has 4 heteroatoms. The van der Waals surface area contributed by atoms with E-state index in [2.05, 4.69) is 26.1 Å². The van der Waals surface area contributed by atoms with Crippen LogP contribution in [0, 0.1) is 11.8 Å². The summed E-state index contributed by atoms with van der Waals surface area (Å²) in [4.78, 5) is 0. The molecule has 1 rings (SSSR count). The van der Waals surface area contributed by atoms with Crippen LogP contribution in [0.4, 0.5) is 0 Å². The molecule has 0 bridgehead atoms. The van der Waals surface area contributed by atoms with Gasteiger partial charge in [-0.25, -0.2) is 8.42 Å². The van der Waals surface area contributed by atoms with Crippen molar-refractivity contribution < 1.29 is 8.42 Å². The van der Waals surface area contributed by atoms with Gasteiger partial charge in [0.15, 0.2) is 9.84 Å². The Morgan fingerprint density at radius 3 is 2.38 bits per heavy atom. The first-order chi connectivity index (χ1) is 7.44. The van der Waals surface area contributed by atoms with E-state index in [0.717, 1.165) is 19.3 Å². The summed E-state index contributed by atoms with van der Waals surface area (Å²) >= 11 is 0. The van der Waals surface area contributed by atoms with Gasteiger partial charge in [0.2, 0.25) is 0 Å². The molecular weight excluding hydrogens is 222 g/mol. The Bertz CT molecular complexity index is 294. The molecule has 1 aliphatic carbocycles. The average Bonchev–Trinajstić information content (AvgIpc) is 2.94. The molecule has 0 amide bonds. The van der Waals surface area contributed by atoms with Crippen LogP contribution in [0.1, 0.15) is 40.0 Å². The molecule has 0 radical (unpaired) electrons. The summed E-state index contributed by atoms with van der Waals surface area (Å²) in [6, 6.07) is 0.441. The number of hydrogen-bond acceptors (Lipinski definition) is 3. The fourth-order valence-electron chi connectivity index (χ4n) is 1.98. The molecule has 0 aliphatic heterocycles. The molecule has 1 atom stereocenters. The SMILES string of the molecule is CCC(NCCS(=O)(=O)CC1CC1)C(C)C. The van der Waals surface area contributed by atoms with Crippen molar-refractivity contribution in [2.24, 2.45) is 11.8 Å². The molecular formula is C12H25NO2S. The van der Waals surface area contributed by atoms with Crippen LogP contribution in [0.25, 0.3) is 0 Å². The fraction of sp³-hybridized carbons (Fsp3) is 1.00. The molecule has 1 fully saturated rings. The van der Waals surface area contributed by atoms with Crippen LogP contribution in [0.2, 0.25) is 0 Å². The zero-order valence-electron chi connectivity index (χ0n) is 10.7. The largest absolute Gasteiger partial charge is 0.313 e. The van der Waals surface area contributed by atoms with Gasteiger partial charge in [-0.3, -0.25) is 0 Å². The smallest absolute Gasteiger partial charge is 0.151 e. The molecule has 1 unspecified atom stereocenters. The zero-order valence-corrected chi connectivity index (χ0v) is 11.5. The third kappa shape index (κ3) is 5.30. The summed E-state index contributed by atoms with van der Waals surface area (Å²) in [6.07, 6.45) is 3.27. The van der Waals surface area contributed by atoms with Crippen molar-refractivity contribution in [3.8, 4) is 0 Å². The van der Waals surface area contributed by atoms with E-state index in [4.69, 9.17) is 0 Å². The van der Waals surface area contributed by atoms with Gasteiger partial charge in [-0.2, -0.15) is 0 Å². The van der Waals surface area contributed by atoms with Gasteiger partial charge in [0.1, 0.15) is 0 Å². The van der Waals surface area contributed by atoms with Crippen molar-refractivity contribution in [1.82, 2.24) is 5.32 Å². The second-order valence-corrected chi connectivity index (χ2v) is 7.50. The molecule has 96 valence electrons. The van der Waals surface area contributed by atoms with Gasteiger partial charge < -0.3 is 5.32 Å². The Morgan fingerprint density at radius 1 is 1.31 bits per heavy atom. The quantitative estimate of drug-likeness (QED) is 0.712. The molecule has 3 nitrogen and oxygen atoms in total. The first-order valence-corrected chi connectivity index (χ1v) is 8.20. The highest BCUT2D eigenvalue weighted by atomic mass is 32.2. The van der Waals surface area contributed by atoms with Gasteiger partial charge in [0.25, 0.3) is 0 Å². The van der Waals surface area contributed by atoms with Gasteiger partial charge in [0, 0.05) is 12.6 Å². The van der Waals surface area contributed by atoms with Crippen molar-refractivity contribution in [2.75, 3.05) is 18.1 Å². The van der Waals surface area contributed by atoms with E-state index in [9.17, 15) is 8.42 Å². The lowest BCUT2D eigenvalue weighted by Gasteiger charge is -2.20. The average molecular weight is 247 g/mol. The third-order valence-electron chi connectivity index (χ3n) is 3.25. The summed E-state index contributed by atoms with van der Waals surface area (Å²) in [5.41, 5.74) is 0. The topological polar surface area (TPSA) is 46.2 Å². The normalized spacial score (nSPS) is 19.0. The lowest BCUT2D eigenvalue weighted by atomic mass is 10.0. The van der Waals surface area contributed by atoms with Crippen molar-refractivity contribution >= 4 is 9.84 Å².